The lowest BCUT2D eigenvalue weighted by Crippen LogP contribution is -2.05. The third-order valence-electron chi connectivity index (χ3n) is 3.88. The number of hydrogen-bond donors (Lipinski definition) is 1. The summed E-state index contributed by atoms with van der Waals surface area (Å²) in [5, 5.41) is 4.71. The summed E-state index contributed by atoms with van der Waals surface area (Å²) in [5.41, 5.74) is 3.43. The lowest BCUT2D eigenvalue weighted by molar-refractivity contribution is 0.742. The number of aromatic nitrogens is 1. The van der Waals surface area contributed by atoms with E-state index in [0.29, 0.717) is 0 Å². The van der Waals surface area contributed by atoms with Gasteiger partial charge in [-0.15, -0.1) is 0 Å². The second-order valence-corrected chi connectivity index (χ2v) is 5.58. The molecule has 0 saturated heterocycles. The van der Waals surface area contributed by atoms with Crippen LogP contribution in [0.5, 0.6) is 0 Å². The van der Waals surface area contributed by atoms with Crippen molar-refractivity contribution in [3.8, 4) is 11.1 Å². The third kappa shape index (κ3) is 3.28. The number of pyridine rings is 1. The molecule has 0 saturated carbocycles. The van der Waals surface area contributed by atoms with Crippen molar-refractivity contribution < 1.29 is 0 Å². The standard InChI is InChI=1S/C20H22N2/c1-2-3-9-14-21-20-18(16-10-5-4-6-11-16)15-17-12-7-8-13-19(17)22-20/h4-8,10-13,15H,2-3,9,14H2,1H3,(H,21,22). The maximum atomic E-state index is 4.84. The molecular formula is C20H22N2. The molecule has 3 rings (SSSR count). The Morgan fingerprint density at radius 1 is 0.909 bits per heavy atom. The minimum absolute atomic E-state index is 0.971. The molecular weight excluding hydrogens is 268 g/mol. The molecule has 0 aliphatic heterocycles. The normalized spacial score (nSPS) is 10.8. The summed E-state index contributed by atoms with van der Waals surface area (Å²) in [6.45, 7) is 3.20. The zero-order chi connectivity index (χ0) is 15.2. The topological polar surface area (TPSA) is 24.9 Å². The molecule has 0 unspecified atom stereocenters. The molecule has 1 aromatic heterocycles. The number of rotatable bonds is 6. The lowest BCUT2D eigenvalue weighted by atomic mass is 10.0. The molecule has 2 nitrogen and oxygen atoms in total. The number of anilines is 1. The highest BCUT2D eigenvalue weighted by molar-refractivity contribution is 5.89. The fourth-order valence-electron chi connectivity index (χ4n) is 2.67. The van der Waals surface area contributed by atoms with Crippen LogP contribution in [-0.4, -0.2) is 11.5 Å². The quantitative estimate of drug-likeness (QED) is 0.606. The average molecular weight is 290 g/mol. The number of benzene rings is 2. The molecule has 22 heavy (non-hydrogen) atoms. The first kappa shape index (κ1) is 14.6. The van der Waals surface area contributed by atoms with Gasteiger partial charge in [0.05, 0.1) is 5.52 Å². The van der Waals surface area contributed by atoms with Crippen molar-refractivity contribution >= 4 is 16.7 Å². The number of unbranched alkanes of at least 4 members (excludes halogenated alkanes) is 2. The zero-order valence-corrected chi connectivity index (χ0v) is 13.0. The van der Waals surface area contributed by atoms with E-state index < -0.39 is 0 Å². The van der Waals surface area contributed by atoms with Gasteiger partial charge in [0.2, 0.25) is 0 Å². The maximum absolute atomic E-state index is 4.84. The van der Waals surface area contributed by atoms with Crippen LogP contribution in [0.1, 0.15) is 26.2 Å². The van der Waals surface area contributed by atoms with Crippen molar-refractivity contribution in [1.29, 1.82) is 0 Å². The molecule has 0 radical (unpaired) electrons. The predicted molar refractivity (Wildman–Crippen MR) is 95.2 cm³/mol. The average Bonchev–Trinajstić information content (AvgIpc) is 2.59. The summed E-state index contributed by atoms with van der Waals surface area (Å²) in [6.07, 6.45) is 3.67. The van der Waals surface area contributed by atoms with Crippen molar-refractivity contribution in [1.82, 2.24) is 4.98 Å². The van der Waals surface area contributed by atoms with E-state index in [1.54, 1.807) is 0 Å². The van der Waals surface area contributed by atoms with Gasteiger partial charge in [0.25, 0.3) is 0 Å². The Morgan fingerprint density at radius 3 is 2.50 bits per heavy atom. The van der Waals surface area contributed by atoms with Crippen LogP contribution < -0.4 is 5.32 Å². The Morgan fingerprint density at radius 2 is 1.68 bits per heavy atom. The highest BCUT2D eigenvalue weighted by Gasteiger charge is 2.08. The van der Waals surface area contributed by atoms with E-state index in [-0.39, 0.29) is 0 Å². The van der Waals surface area contributed by atoms with Gasteiger partial charge in [0.1, 0.15) is 5.82 Å². The van der Waals surface area contributed by atoms with Crippen molar-refractivity contribution in [2.75, 3.05) is 11.9 Å². The fraction of sp³-hybridized carbons (Fsp3) is 0.250. The molecule has 1 heterocycles. The van der Waals surface area contributed by atoms with E-state index >= 15 is 0 Å². The van der Waals surface area contributed by atoms with Gasteiger partial charge in [0, 0.05) is 17.5 Å². The summed E-state index contributed by atoms with van der Waals surface area (Å²) in [4.78, 5) is 4.84. The Balaban J connectivity index is 1.99. The highest BCUT2D eigenvalue weighted by atomic mass is 15.0. The molecule has 0 atom stereocenters. The van der Waals surface area contributed by atoms with E-state index in [2.05, 4.69) is 60.8 Å². The Labute approximate surface area is 132 Å². The van der Waals surface area contributed by atoms with Crippen molar-refractivity contribution in [3.05, 3.63) is 60.7 Å². The first-order chi connectivity index (χ1) is 10.9. The molecule has 0 fully saturated rings. The summed E-state index contributed by atoms with van der Waals surface area (Å²) < 4.78 is 0. The van der Waals surface area contributed by atoms with E-state index in [0.717, 1.165) is 17.9 Å². The number of hydrogen-bond acceptors (Lipinski definition) is 2. The summed E-state index contributed by atoms with van der Waals surface area (Å²) in [6, 6.07) is 21.0. The van der Waals surface area contributed by atoms with Gasteiger partial charge in [0.15, 0.2) is 0 Å². The molecule has 0 spiro atoms. The van der Waals surface area contributed by atoms with Crippen molar-refractivity contribution in [2.24, 2.45) is 0 Å². The van der Waals surface area contributed by atoms with Crippen LogP contribution in [0.4, 0.5) is 5.82 Å². The SMILES string of the molecule is CCCCCNc1nc2ccccc2cc1-c1ccccc1. The summed E-state index contributed by atoms with van der Waals surface area (Å²) in [5.74, 6) is 0.987. The minimum atomic E-state index is 0.971. The van der Waals surface area contributed by atoms with Gasteiger partial charge in [-0.3, -0.25) is 0 Å². The summed E-state index contributed by atoms with van der Waals surface area (Å²) in [7, 11) is 0. The number of nitrogens with one attached hydrogen (secondary N) is 1. The van der Waals surface area contributed by atoms with E-state index in [1.165, 1.54) is 35.8 Å². The molecule has 3 aromatic rings. The Hall–Kier alpha value is -2.35. The van der Waals surface area contributed by atoms with Gasteiger partial charge in [-0.25, -0.2) is 4.98 Å². The highest BCUT2D eigenvalue weighted by Crippen LogP contribution is 2.29. The first-order valence-corrected chi connectivity index (χ1v) is 8.07. The monoisotopic (exact) mass is 290 g/mol. The fourth-order valence-corrected chi connectivity index (χ4v) is 2.67. The second kappa shape index (κ2) is 7.08. The first-order valence-electron chi connectivity index (χ1n) is 8.07. The van der Waals surface area contributed by atoms with Gasteiger partial charge in [-0.1, -0.05) is 68.3 Å². The lowest BCUT2D eigenvalue weighted by Gasteiger charge is -2.13. The van der Waals surface area contributed by atoms with Gasteiger partial charge in [-0.05, 0) is 24.1 Å². The molecule has 0 aliphatic rings. The smallest absolute Gasteiger partial charge is 0.134 e. The van der Waals surface area contributed by atoms with Crippen LogP contribution >= 0.6 is 0 Å². The number of fused-ring (bicyclic) bond motifs is 1. The van der Waals surface area contributed by atoms with Crippen LogP contribution in [0, 0.1) is 0 Å². The maximum Gasteiger partial charge on any atom is 0.134 e. The van der Waals surface area contributed by atoms with Gasteiger partial charge in [-0.2, -0.15) is 0 Å². The van der Waals surface area contributed by atoms with Crippen LogP contribution in [0.2, 0.25) is 0 Å². The van der Waals surface area contributed by atoms with Crippen LogP contribution in [-0.2, 0) is 0 Å². The Bertz CT molecular complexity index is 735. The van der Waals surface area contributed by atoms with Gasteiger partial charge >= 0.3 is 0 Å². The van der Waals surface area contributed by atoms with E-state index in [1.807, 2.05) is 12.1 Å². The van der Waals surface area contributed by atoms with E-state index in [4.69, 9.17) is 4.98 Å². The van der Waals surface area contributed by atoms with Crippen molar-refractivity contribution in [2.45, 2.75) is 26.2 Å². The molecule has 2 aromatic carbocycles. The molecule has 0 bridgehead atoms. The second-order valence-electron chi connectivity index (χ2n) is 5.58. The number of para-hydroxylation sites is 1. The molecule has 0 amide bonds. The summed E-state index contributed by atoms with van der Waals surface area (Å²) >= 11 is 0. The van der Waals surface area contributed by atoms with Crippen LogP contribution in [0.3, 0.4) is 0 Å². The van der Waals surface area contributed by atoms with Gasteiger partial charge < -0.3 is 5.32 Å². The molecule has 112 valence electrons. The molecule has 1 N–H and O–H groups in total. The molecule has 2 heteroatoms. The third-order valence-corrected chi connectivity index (χ3v) is 3.88. The number of nitrogens with zero attached hydrogens (tertiary/aromatic N) is 1. The predicted octanol–water partition coefficient (Wildman–Crippen LogP) is 5.50. The minimum Gasteiger partial charge on any atom is -0.370 e. The molecule has 0 aliphatic carbocycles. The Kier molecular flexibility index (Phi) is 4.69. The van der Waals surface area contributed by atoms with Crippen molar-refractivity contribution in [3.63, 3.8) is 0 Å². The van der Waals surface area contributed by atoms with Crippen LogP contribution in [0.15, 0.2) is 60.7 Å². The van der Waals surface area contributed by atoms with E-state index in [9.17, 15) is 0 Å². The zero-order valence-electron chi connectivity index (χ0n) is 13.0. The van der Waals surface area contributed by atoms with Crippen LogP contribution in [0.25, 0.3) is 22.0 Å². The largest absolute Gasteiger partial charge is 0.370 e.